The van der Waals surface area contributed by atoms with Gasteiger partial charge in [-0.15, -0.1) is 0 Å². The molecular formula is C14H24N4OS. The lowest BCUT2D eigenvalue weighted by molar-refractivity contribution is 0.0321. The first-order valence-electron chi connectivity index (χ1n) is 7.68. The molecular weight excluding hydrogens is 272 g/mol. The number of aliphatic hydroxyl groups excluding tert-OH is 1. The third-order valence-electron chi connectivity index (χ3n) is 4.95. The zero-order valence-electron chi connectivity index (χ0n) is 12.2. The number of piperidine rings is 1. The van der Waals surface area contributed by atoms with Crippen LogP contribution in [0.15, 0.2) is 0 Å². The summed E-state index contributed by atoms with van der Waals surface area (Å²) in [5, 5.41) is 13.7. The molecule has 2 fully saturated rings. The number of likely N-dealkylation sites (tertiary alicyclic amines) is 1. The molecule has 2 aliphatic rings. The van der Waals surface area contributed by atoms with Crippen molar-refractivity contribution in [2.24, 2.45) is 13.0 Å². The second-order valence-corrected chi connectivity index (χ2v) is 6.49. The number of hydrogen-bond donors (Lipinski definition) is 1. The number of aromatic nitrogens is 3. The zero-order chi connectivity index (χ0) is 14.1. The number of rotatable bonds is 3. The molecule has 0 bridgehead atoms. The first-order chi connectivity index (χ1) is 9.70. The van der Waals surface area contributed by atoms with Crippen LogP contribution in [-0.4, -0.2) is 36.9 Å². The largest absolute Gasteiger partial charge is 0.388 e. The van der Waals surface area contributed by atoms with Crippen LogP contribution in [0.3, 0.4) is 0 Å². The van der Waals surface area contributed by atoms with Crippen molar-refractivity contribution in [2.45, 2.75) is 57.8 Å². The maximum Gasteiger partial charge on any atom is 0.198 e. The molecule has 2 atom stereocenters. The van der Waals surface area contributed by atoms with Gasteiger partial charge in [-0.25, -0.2) is 4.68 Å². The SMILES string of the molecule is Cn1c(CO)nn(CN2CCC[C@H]3CCCC[C@H]32)c1=S. The van der Waals surface area contributed by atoms with Crippen molar-refractivity contribution in [2.75, 3.05) is 6.54 Å². The minimum atomic E-state index is -0.0564. The summed E-state index contributed by atoms with van der Waals surface area (Å²) >= 11 is 5.42. The Bertz CT molecular complexity index is 522. The molecule has 2 heterocycles. The van der Waals surface area contributed by atoms with Crippen molar-refractivity contribution in [3.05, 3.63) is 10.6 Å². The molecule has 0 aromatic carbocycles. The molecule has 0 spiro atoms. The van der Waals surface area contributed by atoms with Gasteiger partial charge < -0.3 is 9.67 Å². The predicted molar refractivity (Wildman–Crippen MR) is 79.6 cm³/mol. The van der Waals surface area contributed by atoms with Gasteiger partial charge in [-0.1, -0.05) is 12.8 Å². The highest BCUT2D eigenvalue weighted by molar-refractivity contribution is 7.71. The van der Waals surface area contributed by atoms with Crippen LogP contribution in [0.25, 0.3) is 0 Å². The fourth-order valence-electron chi connectivity index (χ4n) is 3.84. The molecule has 112 valence electrons. The standard InChI is InChI=1S/C14H24N4OS/c1-16-13(9-19)15-18(14(16)20)10-17-8-4-6-11-5-2-3-7-12(11)17/h11-12,19H,2-10H2,1H3/t11-,12-/m1/s1. The van der Waals surface area contributed by atoms with Crippen molar-refractivity contribution >= 4 is 12.2 Å². The Kier molecular flexibility index (Phi) is 4.23. The molecule has 0 unspecified atom stereocenters. The minimum Gasteiger partial charge on any atom is -0.388 e. The van der Waals surface area contributed by atoms with E-state index in [1.807, 2.05) is 11.7 Å². The molecule has 20 heavy (non-hydrogen) atoms. The fraction of sp³-hybridized carbons (Fsp3) is 0.857. The van der Waals surface area contributed by atoms with E-state index in [4.69, 9.17) is 12.2 Å². The topological polar surface area (TPSA) is 46.2 Å². The smallest absolute Gasteiger partial charge is 0.198 e. The summed E-state index contributed by atoms with van der Waals surface area (Å²) < 4.78 is 4.38. The maximum atomic E-state index is 9.29. The third-order valence-corrected chi connectivity index (χ3v) is 5.43. The second-order valence-electron chi connectivity index (χ2n) is 6.12. The Hall–Kier alpha value is -0.720. The lowest BCUT2D eigenvalue weighted by Gasteiger charge is -2.43. The molecule has 1 aliphatic carbocycles. The van der Waals surface area contributed by atoms with Crippen LogP contribution in [0, 0.1) is 10.7 Å². The van der Waals surface area contributed by atoms with Crippen molar-refractivity contribution in [3.8, 4) is 0 Å². The molecule has 3 rings (SSSR count). The van der Waals surface area contributed by atoms with Gasteiger partial charge in [0.05, 0.1) is 6.67 Å². The van der Waals surface area contributed by atoms with E-state index in [9.17, 15) is 5.11 Å². The highest BCUT2D eigenvalue weighted by Crippen LogP contribution is 2.35. The maximum absolute atomic E-state index is 9.29. The van der Waals surface area contributed by atoms with Crippen LogP contribution in [-0.2, 0) is 20.3 Å². The quantitative estimate of drug-likeness (QED) is 0.867. The van der Waals surface area contributed by atoms with E-state index in [-0.39, 0.29) is 6.61 Å². The van der Waals surface area contributed by atoms with Crippen LogP contribution in [0.4, 0.5) is 0 Å². The van der Waals surface area contributed by atoms with Crippen molar-refractivity contribution < 1.29 is 5.11 Å². The molecule has 1 aromatic heterocycles. The first kappa shape index (κ1) is 14.2. The number of nitrogens with zero attached hydrogens (tertiary/aromatic N) is 4. The predicted octanol–water partition coefficient (Wildman–Crippen LogP) is 2.06. The lowest BCUT2D eigenvalue weighted by atomic mass is 9.78. The van der Waals surface area contributed by atoms with Crippen LogP contribution >= 0.6 is 12.2 Å². The number of hydrogen-bond acceptors (Lipinski definition) is 4. The molecule has 1 saturated carbocycles. The molecule has 1 saturated heterocycles. The van der Waals surface area contributed by atoms with Crippen LogP contribution < -0.4 is 0 Å². The van der Waals surface area contributed by atoms with Crippen molar-refractivity contribution in [1.29, 1.82) is 0 Å². The molecule has 1 aromatic rings. The second kappa shape index (κ2) is 5.95. The molecule has 5 nitrogen and oxygen atoms in total. The molecule has 0 radical (unpaired) electrons. The van der Waals surface area contributed by atoms with Gasteiger partial charge >= 0.3 is 0 Å². The number of fused-ring (bicyclic) bond motifs is 1. The Morgan fingerprint density at radius 2 is 2.00 bits per heavy atom. The monoisotopic (exact) mass is 296 g/mol. The highest BCUT2D eigenvalue weighted by atomic mass is 32.1. The Morgan fingerprint density at radius 3 is 2.75 bits per heavy atom. The Balaban J connectivity index is 1.78. The van der Waals surface area contributed by atoms with E-state index in [0.717, 1.165) is 19.1 Å². The molecule has 1 N–H and O–H groups in total. The van der Waals surface area contributed by atoms with Crippen LogP contribution in [0.1, 0.15) is 44.3 Å². The highest BCUT2D eigenvalue weighted by Gasteiger charge is 2.33. The third kappa shape index (κ3) is 2.56. The summed E-state index contributed by atoms with van der Waals surface area (Å²) in [5.41, 5.74) is 0. The van der Waals surface area contributed by atoms with E-state index in [1.54, 1.807) is 4.57 Å². The van der Waals surface area contributed by atoms with Crippen molar-refractivity contribution in [3.63, 3.8) is 0 Å². The van der Waals surface area contributed by atoms with Gasteiger partial charge in [0.1, 0.15) is 6.61 Å². The van der Waals surface area contributed by atoms with E-state index in [1.165, 1.54) is 38.5 Å². The summed E-state index contributed by atoms with van der Waals surface area (Å²) in [5.74, 6) is 1.51. The normalized spacial score (nSPS) is 27.5. The van der Waals surface area contributed by atoms with Crippen LogP contribution in [0.5, 0.6) is 0 Å². The lowest BCUT2D eigenvalue weighted by Crippen LogP contribution is -2.47. The summed E-state index contributed by atoms with van der Waals surface area (Å²) in [6.45, 7) is 1.86. The average Bonchev–Trinajstić information content (AvgIpc) is 2.75. The first-order valence-corrected chi connectivity index (χ1v) is 8.09. The number of aliphatic hydroxyl groups is 1. The van der Waals surface area contributed by atoms with E-state index in [0.29, 0.717) is 16.6 Å². The summed E-state index contributed by atoms with van der Waals surface area (Å²) in [6.07, 6.45) is 8.12. The summed E-state index contributed by atoms with van der Waals surface area (Å²) in [6, 6.07) is 0.707. The van der Waals surface area contributed by atoms with Gasteiger partial charge in [0.25, 0.3) is 0 Å². The van der Waals surface area contributed by atoms with Gasteiger partial charge in [0.2, 0.25) is 0 Å². The van der Waals surface area contributed by atoms with Gasteiger partial charge in [-0.3, -0.25) is 4.90 Å². The molecule has 0 amide bonds. The van der Waals surface area contributed by atoms with Crippen LogP contribution in [0.2, 0.25) is 0 Å². The van der Waals surface area contributed by atoms with Gasteiger partial charge in [-0.2, -0.15) is 5.10 Å². The van der Waals surface area contributed by atoms with Gasteiger partial charge in [0.15, 0.2) is 10.6 Å². The zero-order valence-corrected chi connectivity index (χ0v) is 13.0. The summed E-state index contributed by atoms with van der Waals surface area (Å²) in [4.78, 5) is 2.55. The molecule has 1 aliphatic heterocycles. The fourth-order valence-corrected chi connectivity index (χ4v) is 4.04. The molecule has 6 heteroatoms. The van der Waals surface area contributed by atoms with Crippen molar-refractivity contribution in [1.82, 2.24) is 19.2 Å². The minimum absolute atomic E-state index is 0.0564. The van der Waals surface area contributed by atoms with E-state index < -0.39 is 0 Å². The Labute approximate surface area is 125 Å². The van der Waals surface area contributed by atoms with Gasteiger partial charge in [-0.05, 0) is 43.8 Å². The van der Waals surface area contributed by atoms with E-state index in [2.05, 4.69) is 10.00 Å². The van der Waals surface area contributed by atoms with E-state index >= 15 is 0 Å². The Morgan fingerprint density at radius 1 is 1.25 bits per heavy atom. The van der Waals surface area contributed by atoms with Gasteiger partial charge in [0, 0.05) is 19.6 Å². The average molecular weight is 296 g/mol. The summed E-state index contributed by atoms with van der Waals surface area (Å²) in [7, 11) is 1.87.